The first-order valence-corrected chi connectivity index (χ1v) is 5.20. The van der Waals surface area contributed by atoms with E-state index >= 15 is 0 Å². The summed E-state index contributed by atoms with van der Waals surface area (Å²) in [5.41, 5.74) is -0.222. The van der Waals surface area contributed by atoms with Gasteiger partial charge < -0.3 is 4.52 Å². The second kappa shape index (κ2) is 3.28. The molecule has 50 valence electrons. The van der Waals surface area contributed by atoms with E-state index in [4.69, 9.17) is 0 Å². The summed E-state index contributed by atoms with van der Waals surface area (Å²) >= 11 is 3.84. The van der Waals surface area contributed by atoms with Crippen LogP contribution >= 0.6 is 32.3 Å². The lowest BCUT2D eigenvalue weighted by molar-refractivity contribution is 0.346. The SMILES string of the molecule is O=c1cc(SSS)o[nH]1. The summed E-state index contributed by atoms with van der Waals surface area (Å²) in [4.78, 5) is 10.4. The van der Waals surface area contributed by atoms with E-state index in [0.717, 1.165) is 0 Å². The lowest BCUT2D eigenvalue weighted by Crippen LogP contribution is -1.92. The van der Waals surface area contributed by atoms with Gasteiger partial charge in [-0.05, 0) is 20.6 Å². The highest BCUT2D eigenvalue weighted by Crippen LogP contribution is 2.31. The first-order valence-electron chi connectivity index (χ1n) is 1.99. The Hall–Kier alpha value is 0.0600. The van der Waals surface area contributed by atoms with Gasteiger partial charge >= 0.3 is 0 Å². The molecule has 0 fully saturated rings. The number of aromatic amines is 1. The van der Waals surface area contributed by atoms with Crippen LogP contribution in [0.25, 0.3) is 0 Å². The van der Waals surface area contributed by atoms with Gasteiger partial charge in [-0.25, -0.2) is 0 Å². The van der Waals surface area contributed by atoms with Crippen LogP contribution in [-0.4, -0.2) is 5.16 Å². The van der Waals surface area contributed by atoms with E-state index in [1.807, 2.05) is 0 Å². The van der Waals surface area contributed by atoms with Crippen LogP contribution in [0, 0.1) is 0 Å². The van der Waals surface area contributed by atoms with Crippen molar-refractivity contribution in [1.29, 1.82) is 0 Å². The number of rotatable bonds is 2. The maximum atomic E-state index is 10.4. The Bertz CT molecular complexity index is 229. The molecule has 0 saturated heterocycles. The largest absolute Gasteiger partial charge is 0.371 e. The minimum atomic E-state index is -0.222. The molecule has 1 aromatic heterocycles. The van der Waals surface area contributed by atoms with Gasteiger partial charge in [-0.1, -0.05) is 11.7 Å². The molecule has 1 rings (SSSR count). The van der Waals surface area contributed by atoms with Gasteiger partial charge in [-0.15, -0.1) is 0 Å². The zero-order chi connectivity index (χ0) is 6.69. The van der Waals surface area contributed by atoms with Gasteiger partial charge in [0.2, 0.25) is 5.09 Å². The van der Waals surface area contributed by atoms with Crippen molar-refractivity contribution < 1.29 is 4.52 Å². The molecule has 9 heavy (non-hydrogen) atoms. The van der Waals surface area contributed by atoms with Crippen LogP contribution in [0.1, 0.15) is 0 Å². The zero-order valence-corrected chi connectivity index (χ0v) is 6.68. The molecule has 1 aromatic rings. The lowest BCUT2D eigenvalue weighted by atomic mass is 10.7. The van der Waals surface area contributed by atoms with Crippen molar-refractivity contribution >= 4 is 32.3 Å². The number of hydrogen-bond donors (Lipinski definition) is 2. The Labute approximate surface area is 63.8 Å². The Balaban J connectivity index is 2.73. The van der Waals surface area contributed by atoms with Crippen molar-refractivity contribution in [3.63, 3.8) is 0 Å². The summed E-state index contributed by atoms with van der Waals surface area (Å²) in [6.07, 6.45) is 0. The second-order valence-electron chi connectivity index (χ2n) is 1.19. The summed E-state index contributed by atoms with van der Waals surface area (Å²) < 4.78 is 4.66. The molecular weight excluding hydrogens is 178 g/mol. The maximum Gasteiger partial charge on any atom is 0.281 e. The summed E-state index contributed by atoms with van der Waals surface area (Å²) in [5.74, 6) is 0. The smallest absolute Gasteiger partial charge is 0.281 e. The average molecular weight is 181 g/mol. The fraction of sp³-hybridized carbons (Fsp3) is 0. The lowest BCUT2D eigenvalue weighted by Gasteiger charge is -1.81. The molecule has 0 bridgehead atoms. The molecule has 0 atom stereocenters. The minimum absolute atomic E-state index is 0.222. The van der Waals surface area contributed by atoms with E-state index in [-0.39, 0.29) is 5.56 Å². The molecule has 1 N–H and O–H groups in total. The van der Waals surface area contributed by atoms with Gasteiger partial charge in [0.05, 0.1) is 6.07 Å². The van der Waals surface area contributed by atoms with Crippen LogP contribution in [0.4, 0.5) is 0 Å². The Morgan fingerprint density at radius 1 is 1.78 bits per heavy atom. The third-order valence-electron chi connectivity index (χ3n) is 0.621. The number of aromatic nitrogens is 1. The number of hydrogen-bond acceptors (Lipinski definition) is 5. The van der Waals surface area contributed by atoms with Crippen molar-refractivity contribution in [3.8, 4) is 0 Å². The Morgan fingerprint density at radius 2 is 2.56 bits per heavy atom. The van der Waals surface area contributed by atoms with Crippen LogP contribution < -0.4 is 5.56 Å². The highest BCUT2D eigenvalue weighted by Gasteiger charge is 1.97. The molecule has 0 saturated carbocycles. The average Bonchev–Trinajstić information content (AvgIpc) is 2.17. The fourth-order valence-corrected chi connectivity index (χ4v) is 1.78. The highest BCUT2D eigenvalue weighted by molar-refractivity contribution is 9.05. The molecular formula is C3H3NO2S3. The van der Waals surface area contributed by atoms with E-state index in [1.54, 1.807) is 0 Å². The van der Waals surface area contributed by atoms with Crippen molar-refractivity contribution in [3.05, 3.63) is 16.4 Å². The van der Waals surface area contributed by atoms with Gasteiger partial charge in [0.25, 0.3) is 5.56 Å². The molecule has 6 heteroatoms. The predicted molar refractivity (Wildman–Crippen MR) is 41.8 cm³/mol. The summed E-state index contributed by atoms with van der Waals surface area (Å²) in [6.45, 7) is 0. The maximum absolute atomic E-state index is 10.4. The number of thiol groups is 1. The second-order valence-corrected chi connectivity index (χ2v) is 4.20. The van der Waals surface area contributed by atoms with E-state index in [2.05, 4.69) is 21.3 Å². The number of H-pyrrole nitrogens is 1. The summed E-state index contributed by atoms with van der Waals surface area (Å²) in [5, 5.41) is 2.70. The Kier molecular flexibility index (Phi) is 2.62. The highest BCUT2D eigenvalue weighted by atomic mass is 33.5. The predicted octanol–water partition coefficient (Wildman–Crippen LogP) is 1.55. The zero-order valence-electron chi connectivity index (χ0n) is 4.16. The molecule has 0 aromatic carbocycles. The molecule has 0 aliphatic rings. The van der Waals surface area contributed by atoms with E-state index < -0.39 is 0 Å². The van der Waals surface area contributed by atoms with Crippen LogP contribution in [0.5, 0.6) is 0 Å². The third kappa shape index (κ3) is 2.04. The third-order valence-corrected chi connectivity index (χ3v) is 2.45. The quantitative estimate of drug-likeness (QED) is 0.537. The number of nitrogens with one attached hydrogen (secondary N) is 1. The normalized spacial score (nSPS) is 9.89. The summed E-state index contributed by atoms with van der Waals surface area (Å²) in [7, 11) is 2.51. The van der Waals surface area contributed by atoms with Crippen molar-refractivity contribution in [1.82, 2.24) is 5.16 Å². The first-order chi connectivity index (χ1) is 4.33. The van der Waals surface area contributed by atoms with E-state index in [9.17, 15) is 4.79 Å². The first kappa shape index (κ1) is 7.17. The molecule has 0 aliphatic carbocycles. The van der Waals surface area contributed by atoms with Crippen molar-refractivity contribution in [2.24, 2.45) is 0 Å². The topological polar surface area (TPSA) is 46.0 Å². The fourth-order valence-electron chi connectivity index (χ4n) is 0.344. The van der Waals surface area contributed by atoms with Crippen LogP contribution in [0.15, 0.2) is 20.5 Å². The van der Waals surface area contributed by atoms with Gasteiger partial charge in [-0.3, -0.25) is 4.79 Å². The van der Waals surface area contributed by atoms with Crippen LogP contribution in [-0.2, 0) is 0 Å². The standard InChI is InChI=1S/C3H3NO2S3/c5-2-1-3(6-4-2)8-9-7/h1,7H,(H,4,5). The summed E-state index contributed by atoms with van der Waals surface area (Å²) in [6, 6.07) is 1.37. The van der Waals surface area contributed by atoms with Gasteiger partial charge in [0.1, 0.15) is 0 Å². The van der Waals surface area contributed by atoms with Gasteiger partial charge in [0, 0.05) is 0 Å². The van der Waals surface area contributed by atoms with E-state index in [0.29, 0.717) is 5.09 Å². The van der Waals surface area contributed by atoms with E-state index in [1.165, 1.54) is 26.7 Å². The molecule has 0 amide bonds. The molecule has 0 radical (unpaired) electrons. The van der Waals surface area contributed by atoms with Crippen LogP contribution in [0.2, 0.25) is 0 Å². The molecule has 1 heterocycles. The Morgan fingerprint density at radius 3 is 3.00 bits per heavy atom. The van der Waals surface area contributed by atoms with Crippen LogP contribution in [0.3, 0.4) is 0 Å². The molecule has 0 aliphatic heterocycles. The van der Waals surface area contributed by atoms with Gasteiger partial charge in [0.15, 0.2) is 0 Å². The molecule has 0 unspecified atom stereocenters. The van der Waals surface area contributed by atoms with Gasteiger partial charge in [-0.2, -0.15) is 5.16 Å². The minimum Gasteiger partial charge on any atom is -0.371 e. The monoisotopic (exact) mass is 181 g/mol. The van der Waals surface area contributed by atoms with Crippen molar-refractivity contribution in [2.75, 3.05) is 0 Å². The molecule has 0 spiro atoms. The molecule has 3 nitrogen and oxygen atoms in total. The van der Waals surface area contributed by atoms with Crippen molar-refractivity contribution in [2.45, 2.75) is 5.09 Å².